The lowest BCUT2D eigenvalue weighted by molar-refractivity contribution is 0.372. The van der Waals surface area contributed by atoms with E-state index < -0.39 is 0 Å². The summed E-state index contributed by atoms with van der Waals surface area (Å²) in [6, 6.07) is 2.61. The Kier molecular flexibility index (Phi) is 6.62. The first-order valence-electron chi connectivity index (χ1n) is 7.84. The van der Waals surface area contributed by atoms with E-state index in [-0.39, 0.29) is 5.54 Å². The molecule has 120 valence electrons. The molecule has 0 bridgehead atoms. The Hall–Kier alpha value is -1.13. The van der Waals surface area contributed by atoms with Gasteiger partial charge in [-0.2, -0.15) is 0 Å². The van der Waals surface area contributed by atoms with Crippen LogP contribution in [0, 0.1) is 0 Å². The molecule has 0 saturated carbocycles. The highest BCUT2D eigenvalue weighted by atomic mass is 15.2. The summed E-state index contributed by atoms with van der Waals surface area (Å²) in [5, 5.41) is 3.56. The summed E-state index contributed by atoms with van der Waals surface area (Å²) < 4.78 is 0. The van der Waals surface area contributed by atoms with Gasteiger partial charge in [0.1, 0.15) is 0 Å². The van der Waals surface area contributed by atoms with Crippen molar-refractivity contribution in [3.63, 3.8) is 0 Å². The summed E-state index contributed by atoms with van der Waals surface area (Å²) in [6.07, 6.45) is 3.88. The second-order valence-electron chi connectivity index (χ2n) is 7.01. The van der Waals surface area contributed by atoms with Gasteiger partial charge in [-0.15, -0.1) is 0 Å². The van der Waals surface area contributed by atoms with E-state index in [2.05, 4.69) is 74.9 Å². The summed E-state index contributed by atoms with van der Waals surface area (Å²) in [7, 11) is 4.25. The summed E-state index contributed by atoms with van der Waals surface area (Å²) >= 11 is 0. The highest BCUT2D eigenvalue weighted by Crippen LogP contribution is 2.22. The van der Waals surface area contributed by atoms with E-state index in [0.29, 0.717) is 6.04 Å². The predicted octanol–water partition coefficient (Wildman–Crippen LogP) is 2.75. The van der Waals surface area contributed by atoms with Crippen LogP contribution in [0.25, 0.3) is 0 Å². The number of nitrogens with one attached hydrogen (secondary N) is 1. The molecule has 0 aliphatic carbocycles. The van der Waals surface area contributed by atoms with Crippen molar-refractivity contribution in [3.8, 4) is 0 Å². The van der Waals surface area contributed by atoms with Crippen molar-refractivity contribution >= 4 is 5.69 Å². The molecule has 1 aromatic heterocycles. The van der Waals surface area contributed by atoms with E-state index in [0.717, 1.165) is 19.6 Å². The second-order valence-corrected chi connectivity index (χ2v) is 7.01. The van der Waals surface area contributed by atoms with Crippen LogP contribution in [0.2, 0.25) is 0 Å². The van der Waals surface area contributed by atoms with Gasteiger partial charge in [-0.1, -0.05) is 0 Å². The molecule has 0 aromatic carbocycles. The van der Waals surface area contributed by atoms with Gasteiger partial charge in [0.2, 0.25) is 0 Å². The molecule has 1 rings (SSSR count). The van der Waals surface area contributed by atoms with Gasteiger partial charge in [0, 0.05) is 54.9 Å². The molecule has 0 fully saturated rings. The van der Waals surface area contributed by atoms with Gasteiger partial charge in [0.05, 0.1) is 0 Å². The third-order valence-corrected chi connectivity index (χ3v) is 3.50. The van der Waals surface area contributed by atoms with Crippen molar-refractivity contribution in [2.24, 2.45) is 0 Å². The van der Waals surface area contributed by atoms with Crippen LogP contribution in [0.3, 0.4) is 0 Å². The van der Waals surface area contributed by atoms with Gasteiger partial charge in [0.25, 0.3) is 0 Å². The molecule has 1 atom stereocenters. The van der Waals surface area contributed by atoms with Crippen LogP contribution in [0.15, 0.2) is 18.5 Å². The highest BCUT2D eigenvalue weighted by molar-refractivity contribution is 5.53. The smallest absolute Gasteiger partial charge is 0.0445 e. The average molecular weight is 292 g/mol. The molecule has 0 amide bonds. The number of nitrogens with zero attached hydrogens (tertiary/aromatic N) is 3. The first kappa shape index (κ1) is 17.9. The largest absolute Gasteiger partial charge is 0.367 e. The minimum absolute atomic E-state index is 0.111. The maximum atomic E-state index is 4.31. The Morgan fingerprint density at radius 2 is 1.95 bits per heavy atom. The molecular formula is C17H32N4. The van der Waals surface area contributed by atoms with Gasteiger partial charge in [-0.3, -0.25) is 4.98 Å². The second kappa shape index (κ2) is 7.76. The van der Waals surface area contributed by atoms with Crippen LogP contribution in [0.5, 0.6) is 0 Å². The van der Waals surface area contributed by atoms with Gasteiger partial charge in [0.15, 0.2) is 0 Å². The monoisotopic (exact) mass is 292 g/mol. The van der Waals surface area contributed by atoms with Crippen molar-refractivity contribution < 1.29 is 0 Å². The molecule has 21 heavy (non-hydrogen) atoms. The normalized spacial score (nSPS) is 13.5. The molecule has 4 heteroatoms. The standard InChI is InChI=1S/C17H32N4/c1-8-21(14(2)13-20(6)7)16-9-10-18-11-15(16)12-19-17(3,4)5/h9-11,14,19H,8,12-13H2,1-7H3. The number of likely N-dealkylation sites (N-methyl/N-ethyl adjacent to an activating group) is 2. The van der Waals surface area contributed by atoms with Crippen LogP contribution in [0.4, 0.5) is 5.69 Å². The Morgan fingerprint density at radius 3 is 2.48 bits per heavy atom. The van der Waals surface area contributed by atoms with E-state index in [9.17, 15) is 0 Å². The quantitative estimate of drug-likeness (QED) is 0.837. The lowest BCUT2D eigenvalue weighted by atomic mass is 10.1. The molecule has 1 unspecified atom stereocenters. The first-order chi connectivity index (χ1) is 9.74. The van der Waals surface area contributed by atoms with Crippen LogP contribution in [-0.2, 0) is 6.54 Å². The number of anilines is 1. The Morgan fingerprint density at radius 1 is 1.29 bits per heavy atom. The molecule has 0 radical (unpaired) electrons. The molecule has 1 heterocycles. The topological polar surface area (TPSA) is 31.4 Å². The Labute approximate surface area is 130 Å². The predicted molar refractivity (Wildman–Crippen MR) is 91.9 cm³/mol. The zero-order chi connectivity index (χ0) is 16.0. The van der Waals surface area contributed by atoms with Gasteiger partial charge < -0.3 is 15.1 Å². The van der Waals surface area contributed by atoms with E-state index >= 15 is 0 Å². The van der Waals surface area contributed by atoms with Crippen LogP contribution < -0.4 is 10.2 Å². The fraction of sp³-hybridized carbons (Fsp3) is 0.706. The first-order valence-corrected chi connectivity index (χ1v) is 7.84. The molecular weight excluding hydrogens is 260 g/mol. The lowest BCUT2D eigenvalue weighted by Crippen LogP contribution is -2.41. The third-order valence-electron chi connectivity index (χ3n) is 3.50. The number of rotatable bonds is 7. The van der Waals surface area contributed by atoms with Crippen LogP contribution in [-0.4, -0.2) is 48.6 Å². The number of hydrogen-bond donors (Lipinski definition) is 1. The van der Waals surface area contributed by atoms with Crippen molar-refractivity contribution in [1.82, 2.24) is 15.2 Å². The maximum absolute atomic E-state index is 4.31. The van der Waals surface area contributed by atoms with Crippen LogP contribution in [0.1, 0.15) is 40.2 Å². The molecule has 1 aromatic rings. The minimum atomic E-state index is 0.111. The van der Waals surface area contributed by atoms with Crippen molar-refractivity contribution in [2.75, 3.05) is 32.1 Å². The van der Waals surface area contributed by atoms with Crippen molar-refractivity contribution in [2.45, 2.75) is 52.7 Å². The van der Waals surface area contributed by atoms with E-state index in [1.165, 1.54) is 11.3 Å². The zero-order valence-corrected chi connectivity index (χ0v) is 14.8. The Balaban J connectivity index is 2.93. The number of pyridine rings is 1. The summed E-state index contributed by atoms with van der Waals surface area (Å²) in [5.74, 6) is 0. The molecule has 1 N–H and O–H groups in total. The molecule has 0 aliphatic heterocycles. The van der Waals surface area contributed by atoms with Gasteiger partial charge >= 0.3 is 0 Å². The molecule has 0 spiro atoms. The zero-order valence-electron chi connectivity index (χ0n) is 14.8. The average Bonchev–Trinajstić information content (AvgIpc) is 2.36. The number of aromatic nitrogens is 1. The van der Waals surface area contributed by atoms with E-state index in [1.54, 1.807) is 0 Å². The van der Waals surface area contributed by atoms with E-state index in [1.807, 2.05) is 12.4 Å². The molecule has 4 nitrogen and oxygen atoms in total. The van der Waals surface area contributed by atoms with Gasteiger partial charge in [-0.05, 0) is 54.8 Å². The highest BCUT2D eigenvalue weighted by Gasteiger charge is 2.18. The SMILES string of the molecule is CCN(c1ccncc1CNC(C)(C)C)C(C)CN(C)C. The third kappa shape index (κ3) is 6.02. The summed E-state index contributed by atoms with van der Waals surface area (Å²) in [5.41, 5.74) is 2.66. The Bertz CT molecular complexity index is 423. The minimum Gasteiger partial charge on any atom is -0.367 e. The molecule has 0 saturated heterocycles. The van der Waals surface area contributed by atoms with Crippen LogP contribution >= 0.6 is 0 Å². The fourth-order valence-electron chi connectivity index (χ4n) is 2.54. The maximum Gasteiger partial charge on any atom is 0.0445 e. The molecule has 0 aliphatic rings. The van der Waals surface area contributed by atoms with Crippen molar-refractivity contribution in [3.05, 3.63) is 24.0 Å². The fourth-order valence-corrected chi connectivity index (χ4v) is 2.54. The summed E-state index contributed by atoms with van der Waals surface area (Å²) in [6.45, 7) is 14.0. The van der Waals surface area contributed by atoms with Crippen molar-refractivity contribution in [1.29, 1.82) is 0 Å². The lowest BCUT2D eigenvalue weighted by Gasteiger charge is -2.34. The van der Waals surface area contributed by atoms with E-state index in [4.69, 9.17) is 0 Å². The summed E-state index contributed by atoms with van der Waals surface area (Å²) in [4.78, 5) is 9.00. The van der Waals surface area contributed by atoms with Gasteiger partial charge in [-0.25, -0.2) is 0 Å². The number of hydrogen-bond acceptors (Lipinski definition) is 4.